The quantitative estimate of drug-likeness (QED) is 0.843. The molecule has 24 heavy (non-hydrogen) atoms. The highest BCUT2D eigenvalue weighted by molar-refractivity contribution is 5.88. The monoisotopic (exact) mass is 332 g/mol. The molecule has 130 valence electrons. The van der Waals surface area contributed by atoms with Gasteiger partial charge >= 0.3 is 12.1 Å². The van der Waals surface area contributed by atoms with Gasteiger partial charge in [0.15, 0.2) is 0 Å². The lowest BCUT2D eigenvalue weighted by Gasteiger charge is -2.29. The maximum Gasteiger partial charge on any atom is 0.408 e. The molecule has 0 bridgehead atoms. The van der Waals surface area contributed by atoms with E-state index in [1.807, 2.05) is 30.5 Å². The Balaban J connectivity index is 2.27. The van der Waals surface area contributed by atoms with Crippen molar-refractivity contribution in [3.05, 3.63) is 36.0 Å². The van der Waals surface area contributed by atoms with Gasteiger partial charge in [0, 0.05) is 23.5 Å². The second-order valence-corrected chi connectivity index (χ2v) is 6.99. The molecule has 0 spiro atoms. The van der Waals surface area contributed by atoms with E-state index in [4.69, 9.17) is 9.47 Å². The summed E-state index contributed by atoms with van der Waals surface area (Å²) in [6.07, 6.45) is 1.46. The number of methoxy groups -OCH3 is 1. The third-order valence-corrected chi connectivity index (χ3v) is 3.63. The Kier molecular flexibility index (Phi) is 4.87. The van der Waals surface area contributed by atoms with Crippen LogP contribution in [0, 0.1) is 0 Å². The molecule has 0 fully saturated rings. The Morgan fingerprint density at radius 3 is 2.46 bits per heavy atom. The second-order valence-electron chi connectivity index (χ2n) is 6.99. The van der Waals surface area contributed by atoms with Crippen molar-refractivity contribution in [3.63, 3.8) is 0 Å². The predicted octanol–water partition coefficient (Wildman–Crippen LogP) is 3.17. The van der Waals surface area contributed by atoms with E-state index in [9.17, 15) is 9.59 Å². The first-order chi connectivity index (χ1) is 11.1. The minimum atomic E-state index is -1.23. The van der Waals surface area contributed by atoms with Crippen molar-refractivity contribution in [2.24, 2.45) is 0 Å². The van der Waals surface area contributed by atoms with Gasteiger partial charge in [-0.25, -0.2) is 9.59 Å². The number of rotatable bonds is 4. The summed E-state index contributed by atoms with van der Waals surface area (Å²) < 4.78 is 10.2. The van der Waals surface area contributed by atoms with Gasteiger partial charge in [-0.3, -0.25) is 0 Å². The van der Waals surface area contributed by atoms with Crippen LogP contribution < -0.4 is 5.32 Å². The molecule has 2 N–H and O–H groups in total. The topological polar surface area (TPSA) is 80.4 Å². The van der Waals surface area contributed by atoms with Crippen molar-refractivity contribution in [1.82, 2.24) is 10.3 Å². The smallest absolute Gasteiger partial charge is 0.408 e. The summed E-state index contributed by atoms with van der Waals surface area (Å²) >= 11 is 0. The third kappa shape index (κ3) is 4.07. The minimum absolute atomic E-state index is 0.281. The zero-order valence-electron chi connectivity index (χ0n) is 14.7. The second kappa shape index (κ2) is 6.55. The van der Waals surface area contributed by atoms with E-state index in [0.717, 1.165) is 16.5 Å². The van der Waals surface area contributed by atoms with Crippen molar-refractivity contribution in [1.29, 1.82) is 0 Å². The number of H-pyrrole nitrogens is 1. The molecular formula is C18H24N2O4. The number of hydrogen-bond acceptors (Lipinski definition) is 4. The third-order valence-electron chi connectivity index (χ3n) is 3.63. The Morgan fingerprint density at radius 1 is 1.17 bits per heavy atom. The number of carbonyl (C=O) groups is 2. The molecule has 1 heterocycles. The largest absolute Gasteiger partial charge is 0.467 e. The highest BCUT2D eigenvalue weighted by atomic mass is 16.6. The van der Waals surface area contributed by atoms with Gasteiger partial charge in [-0.2, -0.15) is 0 Å². The Morgan fingerprint density at radius 2 is 1.83 bits per heavy atom. The first kappa shape index (κ1) is 17.8. The summed E-state index contributed by atoms with van der Waals surface area (Å²) in [7, 11) is 1.30. The van der Waals surface area contributed by atoms with E-state index in [2.05, 4.69) is 10.3 Å². The van der Waals surface area contributed by atoms with Crippen LogP contribution in [0.15, 0.2) is 30.5 Å². The zero-order chi connectivity index (χ0) is 18.0. The molecule has 2 aromatic rings. The van der Waals surface area contributed by atoms with E-state index >= 15 is 0 Å². The van der Waals surface area contributed by atoms with E-state index in [1.54, 1.807) is 27.7 Å². The van der Waals surface area contributed by atoms with Crippen LogP contribution in [0.5, 0.6) is 0 Å². The lowest BCUT2D eigenvalue weighted by atomic mass is 9.92. The van der Waals surface area contributed by atoms with Crippen molar-refractivity contribution in [2.45, 2.75) is 45.3 Å². The van der Waals surface area contributed by atoms with Gasteiger partial charge in [0.05, 0.1) is 7.11 Å². The maximum absolute atomic E-state index is 12.3. The fourth-order valence-electron chi connectivity index (χ4n) is 2.58. The molecule has 0 saturated carbocycles. The number of carbonyl (C=O) groups excluding carboxylic acids is 2. The van der Waals surface area contributed by atoms with Gasteiger partial charge in [-0.1, -0.05) is 18.2 Å². The number of hydrogen-bond donors (Lipinski definition) is 2. The standard InChI is InChI=1S/C18H24N2O4/c1-17(2,3)24-16(22)20-18(4,15(21)23-5)10-12-11-19-14-9-7-6-8-13(12)14/h6-9,11,19H,10H2,1-5H3,(H,20,22)/t18-/m0/s1. The number of amides is 1. The lowest BCUT2D eigenvalue weighted by molar-refractivity contribution is -0.147. The van der Waals surface area contributed by atoms with E-state index in [-0.39, 0.29) is 6.42 Å². The molecule has 2 rings (SSSR count). The highest BCUT2D eigenvalue weighted by Crippen LogP contribution is 2.23. The van der Waals surface area contributed by atoms with Gasteiger partial charge < -0.3 is 19.8 Å². The minimum Gasteiger partial charge on any atom is -0.467 e. The Labute approximate surface area is 141 Å². The molecule has 0 aliphatic heterocycles. The number of esters is 1. The van der Waals surface area contributed by atoms with Gasteiger partial charge in [-0.05, 0) is 39.3 Å². The number of fused-ring (bicyclic) bond motifs is 1. The number of ether oxygens (including phenoxy) is 2. The zero-order valence-corrected chi connectivity index (χ0v) is 14.7. The fraction of sp³-hybridized carbons (Fsp3) is 0.444. The van der Waals surface area contributed by atoms with E-state index < -0.39 is 23.2 Å². The number of para-hydroxylation sites is 1. The molecule has 0 aliphatic rings. The molecular weight excluding hydrogens is 308 g/mol. The first-order valence-corrected chi connectivity index (χ1v) is 7.79. The number of aromatic nitrogens is 1. The van der Waals surface area contributed by atoms with Crippen molar-refractivity contribution in [2.75, 3.05) is 7.11 Å². The van der Waals surface area contributed by atoms with Crippen LogP contribution in [0.2, 0.25) is 0 Å². The molecule has 6 heteroatoms. The van der Waals surface area contributed by atoms with Crippen LogP contribution >= 0.6 is 0 Å². The van der Waals surface area contributed by atoms with Gasteiger partial charge in [0.1, 0.15) is 11.1 Å². The summed E-state index contributed by atoms with van der Waals surface area (Å²) in [5, 5.41) is 3.65. The number of aromatic amines is 1. The lowest BCUT2D eigenvalue weighted by Crippen LogP contribution is -2.55. The molecule has 0 radical (unpaired) electrons. The van der Waals surface area contributed by atoms with Crippen LogP contribution in [0.4, 0.5) is 4.79 Å². The molecule has 0 unspecified atom stereocenters. The number of benzene rings is 1. The molecule has 0 aliphatic carbocycles. The van der Waals surface area contributed by atoms with Gasteiger partial charge in [-0.15, -0.1) is 0 Å². The van der Waals surface area contributed by atoms with Crippen LogP contribution in [0.1, 0.15) is 33.3 Å². The van der Waals surface area contributed by atoms with Crippen molar-refractivity contribution < 1.29 is 19.1 Å². The van der Waals surface area contributed by atoms with Crippen LogP contribution in [-0.2, 0) is 20.7 Å². The molecule has 1 aromatic carbocycles. The highest BCUT2D eigenvalue weighted by Gasteiger charge is 2.38. The van der Waals surface area contributed by atoms with Gasteiger partial charge in [0.25, 0.3) is 0 Å². The van der Waals surface area contributed by atoms with Crippen molar-refractivity contribution >= 4 is 23.0 Å². The van der Waals surface area contributed by atoms with Crippen LogP contribution in [0.25, 0.3) is 10.9 Å². The van der Waals surface area contributed by atoms with Crippen molar-refractivity contribution in [3.8, 4) is 0 Å². The summed E-state index contributed by atoms with van der Waals surface area (Å²) in [6.45, 7) is 6.93. The van der Waals surface area contributed by atoms with Gasteiger partial charge in [0.2, 0.25) is 0 Å². The van der Waals surface area contributed by atoms with E-state index in [1.165, 1.54) is 7.11 Å². The molecule has 0 saturated heterocycles. The maximum atomic E-state index is 12.3. The summed E-state index contributed by atoms with van der Waals surface area (Å²) in [6, 6.07) is 7.78. The summed E-state index contributed by atoms with van der Waals surface area (Å²) in [5.41, 5.74) is -0.00392. The Hall–Kier alpha value is -2.50. The Bertz CT molecular complexity index is 745. The van der Waals surface area contributed by atoms with Crippen LogP contribution in [-0.4, -0.2) is 35.3 Å². The molecule has 6 nitrogen and oxygen atoms in total. The van der Waals surface area contributed by atoms with E-state index in [0.29, 0.717) is 0 Å². The first-order valence-electron chi connectivity index (χ1n) is 7.79. The summed E-state index contributed by atoms with van der Waals surface area (Å²) in [5.74, 6) is -0.529. The molecule has 1 atom stereocenters. The molecule has 1 aromatic heterocycles. The molecule has 1 amide bonds. The average molecular weight is 332 g/mol. The average Bonchev–Trinajstić information content (AvgIpc) is 2.87. The fourth-order valence-corrected chi connectivity index (χ4v) is 2.58. The normalized spacial score (nSPS) is 14.0. The SMILES string of the molecule is COC(=O)[C@](C)(Cc1c[nH]c2ccccc12)NC(=O)OC(C)(C)C. The van der Waals surface area contributed by atoms with Crippen LogP contribution in [0.3, 0.4) is 0 Å². The predicted molar refractivity (Wildman–Crippen MR) is 91.8 cm³/mol. The number of alkyl carbamates (subject to hydrolysis) is 1. The number of nitrogens with one attached hydrogen (secondary N) is 2. The summed E-state index contributed by atoms with van der Waals surface area (Å²) in [4.78, 5) is 27.6.